The van der Waals surface area contributed by atoms with E-state index in [2.05, 4.69) is 22.2 Å². The monoisotopic (exact) mass is 303 g/mol. The fourth-order valence-corrected chi connectivity index (χ4v) is 3.18. The van der Waals surface area contributed by atoms with Crippen LogP contribution in [0, 0.1) is 5.41 Å². The van der Waals surface area contributed by atoms with E-state index in [1.54, 1.807) is 11.2 Å². The molecule has 6 nitrogen and oxygen atoms in total. The van der Waals surface area contributed by atoms with E-state index in [0.717, 1.165) is 31.3 Å². The molecule has 1 saturated heterocycles. The number of likely N-dealkylation sites (N-methyl/N-ethyl adjacent to an activating group) is 1. The van der Waals surface area contributed by atoms with Crippen molar-refractivity contribution >= 4 is 17.5 Å². The van der Waals surface area contributed by atoms with Gasteiger partial charge in [-0.3, -0.25) is 4.79 Å². The van der Waals surface area contributed by atoms with E-state index < -0.39 is 0 Å². The summed E-state index contributed by atoms with van der Waals surface area (Å²) in [5.74, 6) is 1.83. The lowest BCUT2D eigenvalue weighted by Crippen LogP contribution is -2.48. The summed E-state index contributed by atoms with van der Waals surface area (Å²) in [5, 5.41) is 3.46. The smallest absolute Gasteiger partial charge is 0.241 e. The highest BCUT2D eigenvalue weighted by molar-refractivity contribution is 5.82. The average molecular weight is 303 g/mol. The van der Waals surface area contributed by atoms with Crippen LogP contribution in [-0.4, -0.2) is 54.0 Å². The van der Waals surface area contributed by atoms with E-state index in [0.29, 0.717) is 12.0 Å². The van der Waals surface area contributed by atoms with Crippen molar-refractivity contribution in [3.05, 3.63) is 12.4 Å². The van der Waals surface area contributed by atoms with Gasteiger partial charge in [-0.05, 0) is 24.7 Å². The largest absolute Gasteiger partial charge is 0.369 e. The highest BCUT2D eigenvalue weighted by Crippen LogP contribution is 2.43. The van der Waals surface area contributed by atoms with Crippen LogP contribution in [0.2, 0.25) is 0 Å². The van der Waals surface area contributed by atoms with Gasteiger partial charge in [0.15, 0.2) is 0 Å². The number of piperazine rings is 1. The Balaban J connectivity index is 1.64. The van der Waals surface area contributed by atoms with Crippen LogP contribution < -0.4 is 10.2 Å². The molecule has 2 aliphatic rings. The van der Waals surface area contributed by atoms with E-state index in [1.165, 1.54) is 25.7 Å². The van der Waals surface area contributed by atoms with Gasteiger partial charge in [-0.25, -0.2) is 9.97 Å². The number of amides is 1. The zero-order valence-electron chi connectivity index (χ0n) is 13.5. The molecule has 0 spiro atoms. The first-order valence-electron chi connectivity index (χ1n) is 8.17. The third kappa shape index (κ3) is 3.00. The maximum absolute atomic E-state index is 11.8. The highest BCUT2D eigenvalue weighted by Gasteiger charge is 2.34. The molecule has 3 rings (SSSR count). The van der Waals surface area contributed by atoms with Gasteiger partial charge < -0.3 is 15.1 Å². The van der Waals surface area contributed by atoms with E-state index in [9.17, 15) is 4.79 Å². The summed E-state index contributed by atoms with van der Waals surface area (Å²) >= 11 is 0. The standard InChI is InChI=1S/C16H25N5O/c1-3-16(5-4-6-16)11-17-13-9-14(19-12-18-13)21-8-7-20(2)15(22)10-21/h9,12H,3-8,10-11H2,1-2H3,(H,17,18,19). The minimum atomic E-state index is 0.138. The molecule has 0 bridgehead atoms. The van der Waals surface area contributed by atoms with Crippen molar-refractivity contribution in [2.45, 2.75) is 32.6 Å². The highest BCUT2D eigenvalue weighted by atomic mass is 16.2. The lowest BCUT2D eigenvalue weighted by Gasteiger charge is -2.41. The van der Waals surface area contributed by atoms with Gasteiger partial charge in [-0.2, -0.15) is 0 Å². The molecular weight excluding hydrogens is 278 g/mol. The van der Waals surface area contributed by atoms with Gasteiger partial charge in [0.25, 0.3) is 0 Å². The summed E-state index contributed by atoms with van der Waals surface area (Å²) in [5.41, 5.74) is 0.453. The first-order chi connectivity index (χ1) is 10.6. The lowest BCUT2D eigenvalue weighted by atomic mass is 9.67. The van der Waals surface area contributed by atoms with Crippen LogP contribution in [0.5, 0.6) is 0 Å². The molecule has 1 aliphatic heterocycles. The van der Waals surface area contributed by atoms with Gasteiger partial charge in [0, 0.05) is 32.7 Å². The Labute approximate surface area is 131 Å². The molecule has 6 heteroatoms. The van der Waals surface area contributed by atoms with E-state index in [4.69, 9.17) is 0 Å². The van der Waals surface area contributed by atoms with Crippen LogP contribution in [0.3, 0.4) is 0 Å². The molecule has 1 aromatic heterocycles. The number of nitrogens with zero attached hydrogens (tertiary/aromatic N) is 4. The fourth-order valence-electron chi connectivity index (χ4n) is 3.18. The predicted molar refractivity (Wildman–Crippen MR) is 86.9 cm³/mol. The van der Waals surface area contributed by atoms with Gasteiger partial charge in [-0.15, -0.1) is 0 Å². The zero-order chi connectivity index (χ0) is 15.6. The first kappa shape index (κ1) is 15.1. The zero-order valence-corrected chi connectivity index (χ0v) is 13.5. The molecule has 2 heterocycles. The first-order valence-corrected chi connectivity index (χ1v) is 8.17. The SMILES string of the molecule is CCC1(CNc2cc(N3CCN(C)C(=O)C3)ncn2)CCC1. The second kappa shape index (κ2) is 6.10. The second-order valence-corrected chi connectivity index (χ2v) is 6.56. The van der Waals surface area contributed by atoms with Gasteiger partial charge in [-0.1, -0.05) is 13.3 Å². The third-order valence-corrected chi connectivity index (χ3v) is 5.24. The number of anilines is 2. The molecule has 2 fully saturated rings. The normalized spacial score (nSPS) is 20.7. The Hall–Kier alpha value is -1.85. The van der Waals surface area contributed by atoms with E-state index in [1.807, 2.05) is 18.0 Å². The van der Waals surface area contributed by atoms with Gasteiger partial charge >= 0.3 is 0 Å². The summed E-state index contributed by atoms with van der Waals surface area (Å²) in [4.78, 5) is 24.3. The van der Waals surface area contributed by atoms with Crippen molar-refractivity contribution < 1.29 is 4.79 Å². The van der Waals surface area contributed by atoms with E-state index >= 15 is 0 Å². The minimum Gasteiger partial charge on any atom is -0.369 e. The molecule has 0 atom stereocenters. The summed E-state index contributed by atoms with van der Waals surface area (Å²) in [6.07, 6.45) is 6.75. The van der Waals surface area contributed by atoms with Gasteiger partial charge in [0.2, 0.25) is 5.91 Å². The van der Waals surface area contributed by atoms with Crippen LogP contribution in [0.4, 0.5) is 11.6 Å². The molecule has 0 radical (unpaired) electrons. The molecule has 1 amide bonds. The molecule has 1 saturated carbocycles. The molecule has 0 unspecified atom stereocenters. The number of carbonyl (C=O) groups excluding carboxylic acids is 1. The topological polar surface area (TPSA) is 61.4 Å². The molecular formula is C16H25N5O. The van der Waals surface area contributed by atoms with Gasteiger partial charge in [0.05, 0.1) is 6.54 Å². The number of aromatic nitrogens is 2. The third-order valence-electron chi connectivity index (χ3n) is 5.24. The van der Waals surface area contributed by atoms with Crippen molar-refractivity contribution in [1.82, 2.24) is 14.9 Å². The van der Waals surface area contributed by atoms with Crippen molar-refractivity contribution in [2.24, 2.45) is 5.41 Å². The molecule has 22 heavy (non-hydrogen) atoms. The van der Waals surface area contributed by atoms with Gasteiger partial charge in [0.1, 0.15) is 18.0 Å². The molecule has 1 N–H and O–H groups in total. The maximum atomic E-state index is 11.8. The number of carbonyl (C=O) groups is 1. The summed E-state index contributed by atoms with van der Waals surface area (Å²) in [7, 11) is 1.84. The molecule has 1 aliphatic carbocycles. The van der Waals surface area contributed by atoms with Crippen LogP contribution >= 0.6 is 0 Å². The van der Waals surface area contributed by atoms with Crippen LogP contribution in [0.1, 0.15) is 32.6 Å². The van der Waals surface area contributed by atoms with Crippen molar-refractivity contribution in [2.75, 3.05) is 43.4 Å². The number of hydrogen-bond donors (Lipinski definition) is 1. The molecule has 1 aromatic rings. The maximum Gasteiger partial charge on any atom is 0.241 e. The van der Waals surface area contributed by atoms with Crippen LogP contribution in [0.15, 0.2) is 12.4 Å². The molecule has 120 valence electrons. The Morgan fingerprint density at radius 3 is 2.77 bits per heavy atom. The Kier molecular flexibility index (Phi) is 4.18. The Bertz CT molecular complexity index is 538. The Morgan fingerprint density at radius 2 is 2.14 bits per heavy atom. The predicted octanol–water partition coefficient (Wildman–Crippen LogP) is 1.75. The minimum absolute atomic E-state index is 0.138. The van der Waals surface area contributed by atoms with Crippen molar-refractivity contribution in [1.29, 1.82) is 0 Å². The van der Waals surface area contributed by atoms with Crippen molar-refractivity contribution in [3.63, 3.8) is 0 Å². The summed E-state index contributed by atoms with van der Waals surface area (Å²) in [6.45, 7) is 5.19. The summed E-state index contributed by atoms with van der Waals surface area (Å²) < 4.78 is 0. The fraction of sp³-hybridized carbons (Fsp3) is 0.688. The lowest BCUT2D eigenvalue weighted by molar-refractivity contribution is -0.129. The average Bonchev–Trinajstić information content (AvgIpc) is 2.50. The van der Waals surface area contributed by atoms with Crippen molar-refractivity contribution in [3.8, 4) is 0 Å². The number of hydrogen-bond acceptors (Lipinski definition) is 5. The molecule has 0 aromatic carbocycles. The van der Waals surface area contributed by atoms with E-state index in [-0.39, 0.29) is 5.91 Å². The summed E-state index contributed by atoms with van der Waals surface area (Å²) in [6, 6.07) is 1.96. The second-order valence-electron chi connectivity index (χ2n) is 6.56. The van der Waals surface area contributed by atoms with Crippen LogP contribution in [-0.2, 0) is 4.79 Å². The number of nitrogens with one attached hydrogen (secondary N) is 1. The van der Waals surface area contributed by atoms with Crippen LogP contribution in [0.25, 0.3) is 0 Å². The quantitative estimate of drug-likeness (QED) is 0.898. The Morgan fingerprint density at radius 1 is 1.32 bits per heavy atom. The number of rotatable bonds is 5.